The summed E-state index contributed by atoms with van der Waals surface area (Å²) in [7, 11) is 0. The van der Waals surface area contributed by atoms with Crippen LogP contribution in [-0.4, -0.2) is 42.3 Å². The number of carbonyl (C=O) groups is 1. The van der Waals surface area contributed by atoms with Crippen LogP contribution >= 0.6 is 0 Å². The minimum atomic E-state index is -7.29. The van der Waals surface area contributed by atoms with Crippen molar-refractivity contribution in [1.29, 1.82) is 0 Å². The van der Waals surface area contributed by atoms with E-state index in [-0.39, 0.29) is 0 Å². The minimum absolute atomic E-state index is 3.47. The molecule has 0 aliphatic rings. The predicted octanol–water partition coefficient (Wildman–Crippen LogP) is 3.63. The molecule has 0 spiro atoms. The van der Waals surface area contributed by atoms with Crippen molar-refractivity contribution in [2.75, 3.05) is 6.67 Å². The standard InChI is InChI=1S/C7H2F12O/c8-1-3(9,10)5(12,13)2(20)4(11,6(14,15)16)7(17,18)19/h1H2. The maximum atomic E-state index is 12.8. The van der Waals surface area contributed by atoms with E-state index in [1.54, 1.807) is 0 Å². The Balaban J connectivity index is 6.10. The van der Waals surface area contributed by atoms with Crippen molar-refractivity contribution in [1.82, 2.24) is 0 Å². The van der Waals surface area contributed by atoms with Gasteiger partial charge in [-0.25, -0.2) is 8.78 Å². The third-order valence-electron chi connectivity index (χ3n) is 2.01. The molecule has 0 aromatic rings. The Kier molecular flexibility index (Phi) is 4.41. The summed E-state index contributed by atoms with van der Waals surface area (Å²) < 4.78 is 145. The summed E-state index contributed by atoms with van der Waals surface area (Å²) in [5.74, 6) is -17.9. The van der Waals surface area contributed by atoms with Crippen LogP contribution < -0.4 is 0 Å². The Morgan fingerprint density at radius 2 is 1.00 bits per heavy atom. The van der Waals surface area contributed by atoms with Gasteiger partial charge in [-0.3, -0.25) is 4.79 Å². The van der Waals surface area contributed by atoms with Crippen LogP contribution in [0, 0.1) is 0 Å². The second-order valence-corrected chi connectivity index (χ2v) is 3.40. The van der Waals surface area contributed by atoms with Crippen molar-refractivity contribution in [2.45, 2.75) is 29.9 Å². The highest BCUT2D eigenvalue weighted by Crippen LogP contribution is 2.51. The number of ketones is 1. The monoisotopic (exact) mass is 330 g/mol. The lowest BCUT2D eigenvalue weighted by atomic mass is 9.91. The number of alkyl halides is 12. The summed E-state index contributed by atoms with van der Waals surface area (Å²) in [6.45, 7) is -3.47. The van der Waals surface area contributed by atoms with Crippen LogP contribution in [0.4, 0.5) is 52.7 Å². The first-order chi connectivity index (χ1) is 8.47. The molecule has 0 bridgehead atoms. The van der Waals surface area contributed by atoms with E-state index >= 15 is 0 Å². The van der Waals surface area contributed by atoms with Gasteiger partial charge >= 0.3 is 29.9 Å². The summed E-state index contributed by atoms with van der Waals surface area (Å²) in [4.78, 5) is 10.4. The van der Waals surface area contributed by atoms with Gasteiger partial charge in [-0.2, -0.15) is 43.9 Å². The summed E-state index contributed by atoms with van der Waals surface area (Å²) >= 11 is 0. The van der Waals surface area contributed by atoms with Crippen LogP contribution in [0.25, 0.3) is 0 Å². The number of hydrogen-bond acceptors (Lipinski definition) is 1. The molecule has 0 heterocycles. The second-order valence-electron chi connectivity index (χ2n) is 3.40. The average Bonchev–Trinajstić information content (AvgIpc) is 2.23. The molecule has 0 fully saturated rings. The zero-order valence-corrected chi connectivity index (χ0v) is 8.65. The second kappa shape index (κ2) is 4.69. The quantitative estimate of drug-likeness (QED) is 0.720. The summed E-state index contributed by atoms with van der Waals surface area (Å²) in [5.41, 5.74) is -7.26. The van der Waals surface area contributed by atoms with Crippen LogP contribution in [-0.2, 0) is 4.79 Å². The van der Waals surface area contributed by atoms with Crippen LogP contribution in [0.1, 0.15) is 0 Å². The van der Waals surface area contributed by atoms with Gasteiger partial charge < -0.3 is 0 Å². The highest BCUT2D eigenvalue weighted by molar-refractivity contribution is 5.96. The Morgan fingerprint density at radius 3 is 1.20 bits per heavy atom. The molecule has 0 amide bonds. The number of rotatable bonds is 4. The molecule has 1 nitrogen and oxygen atoms in total. The van der Waals surface area contributed by atoms with Gasteiger partial charge in [0.05, 0.1) is 0 Å². The molecule has 0 aromatic heterocycles. The summed E-state index contributed by atoms with van der Waals surface area (Å²) in [6, 6.07) is 0. The van der Waals surface area contributed by atoms with Gasteiger partial charge in [0.15, 0.2) is 6.67 Å². The molecule has 0 aromatic carbocycles. The zero-order valence-electron chi connectivity index (χ0n) is 8.65. The number of halogens is 12. The molecule has 0 radical (unpaired) electrons. The first kappa shape index (κ1) is 18.8. The van der Waals surface area contributed by atoms with Crippen molar-refractivity contribution >= 4 is 5.78 Å². The van der Waals surface area contributed by atoms with Crippen molar-refractivity contribution in [2.24, 2.45) is 0 Å². The third-order valence-corrected chi connectivity index (χ3v) is 2.01. The van der Waals surface area contributed by atoms with E-state index in [1.165, 1.54) is 0 Å². The lowest BCUT2D eigenvalue weighted by molar-refractivity contribution is -0.335. The molecule has 120 valence electrons. The van der Waals surface area contributed by atoms with Crippen LogP contribution in [0.2, 0.25) is 0 Å². The molecule has 0 saturated carbocycles. The predicted molar refractivity (Wildman–Crippen MR) is 36.8 cm³/mol. The molecule has 20 heavy (non-hydrogen) atoms. The van der Waals surface area contributed by atoms with Gasteiger partial charge in [0.2, 0.25) is 0 Å². The Morgan fingerprint density at radius 1 is 0.700 bits per heavy atom. The maximum Gasteiger partial charge on any atom is 0.439 e. The fraction of sp³-hybridized carbons (Fsp3) is 0.857. The fourth-order valence-electron chi connectivity index (χ4n) is 0.885. The number of Topliss-reactive ketones (excluding diaryl/α,β-unsaturated/α-hetero) is 1. The Hall–Kier alpha value is -1.17. The summed E-state index contributed by atoms with van der Waals surface area (Å²) in [5, 5.41) is 0. The largest absolute Gasteiger partial charge is 0.439 e. The zero-order chi connectivity index (χ0) is 16.8. The molecule has 0 rings (SSSR count). The molecule has 0 saturated heterocycles. The van der Waals surface area contributed by atoms with Gasteiger partial charge in [0.1, 0.15) is 0 Å². The van der Waals surface area contributed by atoms with E-state index in [2.05, 4.69) is 0 Å². The van der Waals surface area contributed by atoms with Crippen molar-refractivity contribution in [3.05, 3.63) is 0 Å². The molecule has 0 N–H and O–H groups in total. The molecule has 0 atom stereocenters. The van der Waals surface area contributed by atoms with Gasteiger partial charge in [-0.05, 0) is 0 Å². The normalized spacial score (nSPS) is 15.4. The molecular weight excluding hydrogens is 328 g/mol. The van der Waals surface area contributed by atoms with E-state index in [4.69, 9.17) is 0 Å². The molecule has 0 unspecified atom stereocenters. The molecule has 13 heteroatoms. The highest BCUT2D eigenvalue weighted by atomic mass is 19.4. The van der Waals surface area contributed by atoms with Crippen molar-refractivity contribution in [3.63, 3.8) is 0 Å². The lowest BCUT2D eigenvalue weighted by Gasteiger charge is -2.33. The Bertz CT molecular complexity index is 362. The average molecular weight is 330 g/mol. The van der Waals surface area contributed by atoms with Gasteiger partial charge in [-0.1, -0.05) is 0 Å². The van der Waals surface area contributed by atoms with E-state index in [0.29, 0.717) is 0 Å². The lowest BCUT2D eigenvalue weighted by Crippen LogP contribution is -2.67. The highest BCUT2D eigenvalue weighted by Gasteiger charge is 2.83. The first-order valence-electron chi connectivity index (χ1n) is 4.15. The minimum Gasteiger partial charge on any atom is -0.288 e. The number of carbonyl (C=O) groups excluding carboxylic acids is 1. The van der Waals surface area contributed by atoms with Crippen LogP contribution in [0.5, 0.6) is 0 Å². The molecular formula is C7H2F12O. The van der Waals surface area contributed by atoms with Crippen LogP contribution in [0.15, 0.2) is 0 Å². The SMILES string of the molecule is O=C(C(F)(F)C(F)(F)CF)C(F)(C(F)(F)F)C(F)(F)F. The molecule has 0 aliphatic heterocycles. The smallest absolute Gasteiger partial charge is 0.288 e. The van der Waals surface area contributed by atoms with E-state index in [9.17, 15) is 57.5 Å². The van der Waals surface area contributed by atoms with Crippen molar-refractivity contribution < 1.29 is 57.5 Å². The van der Waals surface area contributed by atoms with E-state index in [1.807, 2.05) is 0 Å². The maximum absolute atomic E-state index is 12.8. The Labute approximate surface area is 101 Å². The summed E-state index contributed by atoms with van der Waals surface area (Å²) in [6.07, 6.45) is -14.6. The fourth-order valence-corrected chi connectivity index (χ4v) is 0.885. The number of hydrogen-bond donors (Lipinski definition) is 0. The van der Waals surface area contributed by atoms with Crippen molar-refractivity contribution in [3.8, 4) is 0 Å². The van der Waals surface area contributed by atoms with Gasteiger partial charge in [0, 0.05) is 0 Å². The van der Waals surface area contributed by atoms with Crippen LogP contribution in [0.3, 0.4) is 0 Å². The first-order valence-corrected chi connectivity index (χ1v) is 4.15. The third kappa shape index (κ3) is 2.53. The van der Waals surface area contributed by atoms with Gasteiger partial charge in [0.25, 0.3) is 5.78 Å². The topological polar surface area (TPSA) is 17.1 Å². The van der Waals surface area contributed by atoms with E-state index in [0.717, 1.165) is 0 Å². The van der Waals surface area contributed by atoms with E-state index < -0.39 is 42.3 Å². The van der Waals surface area contributed by atoms with Gasteiger partial charge in [-0.15, -0.1) is 0 Å². The molecule has 0 aliphatic carbocycles.